The van der Waals surface area contributed by atoms with Crippen molar-refractivity contribution in [1.29, 1.82) is 0 Å². The third-order valence-electron chi connectivity index (χ3n) is 4.86. The second-order valence-electron chi connectivity index (χ2n) is 6.72. The minimum Gasteiger partial charge on any atom is -0.254 e. The van der Waals surface area contributed by atoms with Crippen molar-refractivity contribution in [2.24, 2.45) is 0 Å². The summed E-state index contributed by atoms with van der Waals surface area (Å²) in [7, 11) is -3.54. The van der Waals surface area contributed by atoms with E-state index in [1.165, 1.54) is 0 Å². The fourth-order valence-corrected chi connectivity index (χ4v) is 4.36. The Balaban J connectivity index is 1.94. The van der Waals surface area contributed by atoms with Crippen LogP contribution in [0.25, 0.3) is 0 Å². The molecule has 0 spiro atoms. The van der Waals surface area contributed by atoms with Gasteiger partial charge in [0.1, 0.15) is 6.23 Å². The zero-order valence-corrected chi connectivity index (χ0v) is 15.8. The number of nitrogens with zero attached hydrogens (tertiary/aromatic N) is 1. The summed E-state index contributed by atoms with van der Waals surface area (Å²) in [6, 6.07) is 30.5. The van der Waals surface area contributed by atoms with Gasteiger partial charge in [0, 0.05) is 6.54 Å². The van der Waals surface area contributed by atoms with Crippen molar-refractivity contribution in [3.05, 3.63) is 108 Å². The van der Waals surface area contributed by atoms with Gasteiger partial charge in [-0.25, -0.2) is 4.18 Å². The highest BCUT2D eigenvalue weighted by atomic mass is 32.2. The second kappa shape index (κ2) is 6.93. The van der Waals surface area contributed by atoms with Crippen molar-refractivity contribution in [2.75, 3.05) is 12.8 Å². The lowest BCUT2D eigenvalue weighted by atomic mass is 9.77. The molecule has 5 heteroatoms. The maximum Gasteiger partial charge on any atom is 0.265 e. The van der Waals surface area contributed by atoms with E-state index < -0.39 is 21.9 Å². The first-order chi connectivity index (χ1) is 13.0. The molecule has 1 heterocycles. The first kappa shape index (κ1) is 17.9. The summed E-state index contributed by atoms with van der Waals surface area (Å²) >= 11 is 0. The summed E-state index contributed by atoms with van der Waals surface area (Å²) in [6.07, 6.45) is 0.610. The normalized spacial score (nSPS) is 19.6. The molecule has 1 aliphatic rings. The van der Waals surface area contributed by atoms with Crippen LogP contribution in [0.2, 0.25) is 0 Å². The van der Waals surface area contributed by atoms with Crippen LogP contribution in [0.1, 0.15) is 16.7 Å². The van der Waals surface area contributed by atoms with E-state index in [0.717, 1.165) is 22.9 Å². The predicted octanol–water partition coefficient (Wildman–Crippen LogP) is 3.60. The highest BCUT2D eigenvalue weighted by molar-refractivity contribution is 7.86. The molecule has 2 unspecified atom stereocenters. The lowest BCUT2D eigenvalue weighted by Gasteiger charge is -2.37. The van der Waals surface area contributed by atoms with Crippen LogP contribution in [0, 0.1) is 0 Å². The lowest BCUT2D eigenvalue weighted by Crippen LogP contribution is -2.39. The van der Waals surface area contributed by atoms with Crippen molar-refractivity contribution in [2.45, 2.75) is 11.8 Å². The quantitative estimate of drug-likeness (QED) is 0.373. The van der Waals surface area contributed by atoms with E-state index in [-0.39, 0.29) is 0 Å². The van der Waals surface area contributed by atoms with E-state index in [4.69, 9.17) is 4.18 Å². The molecule has 138 valence electrons. The lowest BCUT2D eigenvalue weighted by molar-refractivity contribution is 0.190. The van der Waals surface area contributed by atoms with Crippen molar-refractivity contribution >= 4 is 10.1 Å². The van der Waals surface area contributed by atoms with Gasteiger partial charge < -0.3 is 0 Å². The first-order valence-electron chi connectivity index (χ1n) is 8.83. The number of hydrogen-bond acceptors (Lipinski definition) is 4. The summed E-state index contributed by atoms with van der Waals surface area (Å²) in [5, 5.41) is 0. The molecular weight excluding hydrogens is 358 g/mol. The van der Waals surface area contributed by atoms with Gasteiger partial charge >= 0.3 is 0 Å². The predicted molar refractivity (Wildman–Crippen MR) is 106 cm³/mol. The average Bonchev–Trinajstić information content (AvgIpc) is 3.42. The molecular formula is C22H21NO3S. The Morgan fingerprint density at radius 2 is 1.15 bits per heavy atom. The molecule has 0 N–H and O–H groups in total. The van der Waals surface area contributed by atoms with Crippen LogP contribution in [0.4, 0.5) is 0 Å². The Bertz CT molecular complexity index is 909. The molecule has 0 radical (unpaired) electrons. The molecule has 0 aromatic heterocycles. The average molecular weight is 379 g/mol. The molecule has 0 saturated carbocycles. The van der Waals surface area contributed by atoms with Gasteiger partial charge in [0.05, 0.1) is 11.8 Å². The van der Waals surface area contributed by atoms with Gasteiger partial charge in [0.2, 0.25) is 0 Å². The van der Waals surface area contributed by atoms with Gasteiger partial charge in [0.15, 0.2) is 0 Å². The number of benzene rings is 3. The zero-order valence-electron chi connectivity index (χ0n) is 15.0. The van der Waals surface area contributed by atoms with E-state index in [1.807, 2.05) is 54.6 Å². The van der Waals surface area contributed by atoms with Gasteiger partial charge in [-0.15, -0.1) is 0 Å². The van der Waals surface area contributed by atoms with Crippen molar-refractivity contribution < 1.29 is 12.6 Å². The minimum absolute atomic E-state index is 0.486. The third-order valence-corrected chi connectivity index (χ3v) is 5.43. The molecule has 4 nitrogen and oxygen atoms in total. The van der Waals surface area contributed by atoms with Gasteiger partial charge in [-0.05, 0) is 16.7 Å². The van der Waals surface area contributed by atoms with E-state index in [1.54, 1.807) is 0 Å². The summed E-state index contributed by atoms with van der Waals surface area (Å²) in [5.74, 6) is 0. The van der Waals surface area contributed by atoms with Crippen LogP contribution in [0.5, 0.6) is 0 Å². The summed E-state index contributed by atoms with van der Waals surface area (Å²) in [4.78, 5) is 2.09. The van der Waals surface area contributed by atoms with Crippen molar-refractivity contribution in [3.63, 3.8) is 0 Å². The second-order valence-corrected chi connectivity index (χ2v) is 8.32. The molecule has 1 aliphatic heterocycles. The van der Waals surface area contributed by atoms with Gasteiger partial charge in [-0.1, -0.05) is 91.0 Å². The Morgan fingerprint density at radius 1 is 0.778 bits per heavy atom. The number of rotatable bonds is 6. The molecule has 4 rings (SSSR count). The van der Waals surface area contributed by atoms with Crippen LogP contribution in [0.15, 0.2) is 91.0 Å². The van der Waals surface area contributed by atoms with E-state index in [9.17, 15) is 8.42 Å². The van der Waals surface area contributed by atoms with Crippen molar-refractivity contribution in [1.82, 2.24) is 4.90 Å². The molecule has 1 saturated heterocycles. The number of hydrogen-bond donors (Lipinski definition) is 0. The minimum atomic E-state index is -3.54. The molecule has 0 amide bonds. The largest absolute Gasteiger partial charge is 0.265 e. The van der Waals surface area contributed by atoms with Gasteiger partial charge in [-0.3, -0.25) is 4.90 Å². The Morgan fingerprint density at radius 3 is 1.48 bits per heavy atom. The van der Waals surface area contributed by atoms with Crippen LogP contribution in [0.3, 0.4) is 0 Å². The molecule has 1 fully saturated rings. The Kier molecular flexibility index (Phi) is 4.60. The topological polar surface area (TPSA) is 46.4 Å². The maximum atomic E-state index is 11.7. The third kappa shape index (κ3) is 3.41. The fourth-order valence-electron chi connectivity index (χ4n) is 3.79. The summed E-state index contributed by atoms with van der Waals surface area (Å²) in [6.45, 7) is 0.533. The monoisotopic (exact) mass is 379 g/mol. The standard InChI is InChI=1S/C22H21NO3S/c1-27(24,25)26-21-17-23(21)22(18-11-5-2-6-12-18,19-13-7-3-8-14-19)20-15-9-4-10-16-20/h2-16,21H,17H2,1H3. The SMILES string of the molecule is CS(=O)(=O)OC1CN1C(c1ccccc1)(c1ccccc1)c1ccccc1. The molecule has 27 heavy (non-hydrogen) atoms. The summed E-state index contributed by atoms with van der Waals surface area (Å²) in [5.41, 5.74) is 2.59. The summed E-state index contributed by atoms with van der Waals surface area (Å²) < 4.78 is 28.8. The van der Waals surface area contributed by atoms with Crippen molar-refractivity contribution in [3.8, 4) is 0 Å². The van der Waals surface area contributed by atoms with Crippen LogP contribution in [-0.4, -0.2) is 32.3 Å². The molecule has 0 aliphatic carbocycles. The van der Waals surface area contributed by atoms with Gasteiger partial charge in [-0.2, -0.15) is 8.42 Å². The fraction of sp³-hybridized carbons (Fsp3) is 0.182. The molecule has 3 aromatic carbocycles. The Labute approximate surface area is 160 Å². The van der Waals surface area contributed by atoms with Crippen LogP contribution in [-0.2, 0) is 19.8 Å². The van der Waals surface area contributed by atoms with Crippen LogP contribution >= 0.6 is 0 Å². The molecule has 0 bridgehead atoms. The van der Waals surface area contributed by atoms with Gasteiger partial charge in [0.25, 0.3) is 10.1 Å². The van der Waals surface area contributed by atoms with E-state index in [0.29, 0.717) is 6.54 Å². The zero-order chi connectivity index (χ0) is 18.9. The smallest absolute Gasteiger partial charge is 0.254 e. The molecule has 3 aromatic rings. The molecule has 2 atom stereocenters. The highest BCUT2D eigenvalue weighted by Crippen LogP contribution is 2.48. The van der Waals surface area contributed by atoms with E-state index in [2.05, 4.69) is 41.3 Å². The first-order valence-corrected chi connectivity index (χ1v) is 10.6. The van der Waals surface area contributed by atoms with Crippen LogP contribution < -0.4 is 0 Å². The highest BCUT2D eigenvalue weighted by Gasteiger charge is 2.55. The maximum absolute atomic E-state index is 11.7. The Hall–Kier alpha value is -2.47. The van der Waals surface area contributed by atoms with E-state index >= 15 is 0 Å².